The summed E-state index contributed by atoms with van der Waals surface area (Å²) in [6.07, 6.45) is -1.46. The van der Waals surface area contributed by atoms with Crippen molar-refractivity contribution in [1.82, 2.24) is 29.6 Å². The number of hydrogen-bond acceptors (Lipinski definition) is 8. The molecule has 0 aromatic carbocycles. The molecule has 2 fully saturated rings. The van der Waals surface area contributed by atoms with Gasteiger partial charge in [-0.25, -0.2) is 28.4 Å². The van der Waals surface area contributed by atoms with Crippen LogP contribution in [-0.4, -0.2) is 67.0 Å². The van der Waals surface area contributed by atoms with Crippen LogP contribution < -0.4 is 4.90 Å². The van der Waals surface area contributed by atoms with Crippen molar-refractivity contribution in [2.75, 3.05) is 24.5 Å². The van der Waals surface area contributed by atoms with Crippen molar-refractivity contribution in [2.45, 2.75) is 51.2 Å². The Morgan fingerprint density at radius 1 is 1.15 bits per heavy atom. The molecule has 1 N–H and O–H groups in total. The third kappa shape index (κ3) is 4.58. The number of hydrogen-bond donors (Lipinski definition) is 1. The van der Waals surface area contributed by atoms with Gasteiger partial charge < -0.3 is 10.0 Å². The highest BCUT2D eigenvalue weighted by Gasteiger charge is 2.45. The fraction of sp³-hybridized carbons (Fsp3) is 0.600. The molecule has 184 valence electrons. The summed E-state index contributed by atoms with van der Waals surface area (Å²) in [4.78, 5) is 16.6. The summed E-state index contributed by atoms with van der Waals surface area (Å²) >= 11 is 0.601. The summed E-state index contributed by atoms with van der Waals surface area (Å²) in [5.74, 6) is 0.582. The quantitative estimate of drug-likeness (QED) is 0.535. The molecule has 14 heteroatoms. The molecule has 8 nitrogen and oxygen atoms in total. The molecule has 1 unspecified atom stereocenters. The van der Waals surface area contributed by atoms with Gasteiger partial charge in [-0.3, -0.25) is 4.90 Å². The Balaban J connectivity index is 1.24. The predicted molar refractivity (Wildman–Crippen MR) is 113 cm³/mol. The van der Waals surface area contributed by atoms with Crippen LogP contribution in [0.2, 0.25) is 0 Å². The van der Waals surface area contributed by atoms with Crippen molar-refractivity contribution < 1.29 is 27.1 Å². The first kappa shape index (κ1) is 23.3. The third-order valence-electron chi connectivity index (χ3n) is 6.52. The first-order valence-corrected chi connectivity index (χ1v) is 11.6. The van der Waals surface area contributed by atoms with Gasteiger partial charge in [0, 0.05) is 37.3 Å². The number of rotatable bonds is 5. The van der Waals surface area contributed by atoms with E-state index >= 15 is 0 Å². The first-order valence-electron chi connectivity index (χ1n) is 10.8. The zero-order valence-corrected chi connectivity index (χ0v) is 18.7. The number of alkyl halides is 5. The predicted octanol–water partition coefficient (Wildman–Crippen LogP) is 3.38. The Bertz CT molecular complexity index is 1160. The van der Waals surface area contributed by atoms with Gasteiger partial charge in [-0.1, -0.05) is 0 Å². The molecule has 0 aliphatic carbocycles. The van der Waals surface area contributed by atoms with Crippen LogP contribution in [-0.2, 0) is 19.3 Å². The largest absolute Gasteiger partial charge is 0.443 e. The number of likely N-dealkylation sites (tertiary alicyclic amines) is 1. The zero-order chi connectivity index (χ0) is 24.1. The van der Waals surface area contributed by atoms with Crippen LogP contribution >= 0.6 is 11.3 Å². The minimum Gasteiger partial charge on any atom is -0.378 e. The van der Waals surface area contributed by atoms with Gasteiger partial charge in [0.2, 0.25) is 0 Å². The minimum absolute atomic E-state index is 0.150. The lowest BCUT2D eigenvalue weighted by Gasteiger charge is -2.39. The monoisotopic (exact) mass is 503 g/mol. The van der Waals surface area contributed by atoms with Crippen LogP contribution in [0.5, 0.6) is 0 Å². The fourth-order valence-corrected chi connectivity index (χ4v) is 5.62. The van der Waals surface area contributed by atoms with Crippen molar-refractivity contribution in [3.8, 4) is 0 Å². The van der Waals surface area contributed by atoms with Crippen molar-refractivity contribution in [1.29, 1.82) is 0 Å². The highest BCUT2D eigenvalue weighted by molar-refractivity contribution is 7.11. The molecule has 0 bridgehead atoms. The molecule has 1 atom stereocenters. The van der Waals surface area contributed by atoms with E-state index in [0.29, 0.717) is 59.3 Å². The molecule has 2 aliphatic rings. The average Bonchev–Trinajstić information content (AvgIpc) is 3.47. The third-order valence-corrected chi connectivity index (χ3v) is 7.55. The Kier molecular flexibility index (Phi) is 5.92. The number of aliphatic hydroxyl groups excluding tert-OH is 1. The lowest BCUT2D eigenvalue weighted by Crippen LogP contribution is -2.42. The normalized spacial score (nSPS) is 21.4. The summed E-state index contributed by atoms with van der Waals surface area (Å²) < 4.78 is 65.3. The second kappa shape index (κ2) is 8.64. The van der Waals surface area contributed by atoms with E-state index in [1.165, 1.54) is 12.4 Å². The number of halogens is 5. The van der Waals surface area contributed by atoms with Gasteiger partial charge in [0.25, 0.3) is 6.43 Å². The van der Waals surface area contributed by atoms with Crippen LogP contribution in [0.1, 0.15) is 29.1 Å². The van der Waals surface area contributed by atoms with Crippen molar-refractivity contribution >= 4 is 28.3 Å². The molecule has 0 saturated carbocycles. The van der Waals surface area contributed by atoms with Crippen molar-refractivity contribution in [3.05, 3.63) is 28.5 Å². The molecule has 3 aromatic heterocycles. The Morgan fingerprint density at radius 3 is 2.59 bits per heavy atom. The molecule has 1 spiro atoms. The smallest absolute Gasteiger partial charge is 0.378 e. The van der Waals surface area contributed by atoms with Gasteiger partial charge in [-0.05, 0) is 24.7 Å². The second-order valence-corrected chi connectivity index (χ2v) is 9.98. The molecular weight excluding hydrogens is 481 g/mol. The van der Waals surface area contributed by atoms with Gasteiger partial charge in [0.15, 0.2) is 10.7 Å². The number of aliphatic hydroxyl groups is 1. The zero-order valence-electron chi connectivity index (χ0n) is 17.9. The Labute approximate surface area is 195 Å². The first-order chi connectivity index (χ1) is 16.1. The number of fused-ring (bicyclic) bond motifs is 1. The number of anilines is 1. The molecule has 2 aliphatic heterocycles. The van der Waals surface area contributed by atoms with E-state index in [1.54, 1.807) is 11.1 Å². The van der Waals surface area contributed by atoms with Gasteiger partial charge in [-0.15, -0.1) is 11.3 Å². The van der Waals surface area contributed by atoms with E-state index in [0.717, 1.165) is 17.5 Å². The Morgan fingerprint density at radius 2 is 1.91 bits per heavy atom. The van der Waals surface area contributed by atoms with Crippen LogP contribution in [0.3, 0.4) is 0 Å². The molecule has 0 radical (unpaired) electrons. The molecule has 3 aromatic rings. The number of thiazole rings is 1. The fourth-order valence-electron chi connectivity index (χ4n) is 4.82. The molecule has 5 rings (SSSR count). The number of aromatic nitrogens is 5. The number of nitrogens with zero attached hydrogens (tertiary/aromatic N) is 7. The van der Waals surface area contributed by atoms with E-state index in [2.05, 4.69) is 20.1 Å². The van der Waals surface area contributed by atoms with Gasteiger partial charge in [0.05, 0.1) is 12.4 Å². The second-order valence-electron chi connectivity index (χ2n) is 8.86. The van der Waals surface area contributed by atoms with E-state index in [9.17, 15) is 27.1 Å². The maximum absolute atomic E-state index is 12.8. The molecule has 34 heavy (non-hydrogen) atoms. The summed E-state index contributed by atoms with van der Waals surface area (Å²) in [6, 6.07) is 0. The van der Waals surface area contributed by atoms with Crippen LogP contribution in [0, 0.1) is 5.41 Å². The lowest BCUT2D eigenvalue weighted by atomic mass is 9.77. The SMILES string of the molecule is OC1CC2(CCN(c3cnc4cnn(CC(F)F)c4n3)CC2)CN1Cc1cnc(C(F)(F)F)s1. The maximum Gasteiger partial charge on any atom is 0.443 e. The average molecular weight is 504 g/mol. The van der Waals surface area contributed by atoms with Crippen LogP contribution in [0.25, 0.3) is 11.2 Å². The van der Waals surface area contributed by atoms with Crippen molar-refractivity contribution in [2.24, 2.45) is 5.41 Å². The highest BCUT2D eigenvalue weighted by atomic mass is 32.1. The molecule has 5 heterocycles. The van der Waals surface area contributed by atoms with Crippen molar-refractivity contribution in [3.63, 3.8) is 0 Å². The van der Waals surface area contributed by atoms with Gasteiger partial charge in [-0.2, -0.15) is 18.3 Å². The molecular formula is C20H22F5N7OS. The van der Waals surface area contributed by atoms with Gasteiger partial charge >= 0.3 is 6.18 Å². The maximum atomic E-state index is 12.8. The topological polar surface area (TPSA) is 83.2 Å². The summed E-state index contributed by atoms with van der Waals surface area (Å²) in [7, 11) is 0. The Hall–Kier alpha value is -2.45. The van der Waals surface area contributed by atoms with Crippen LogP contribution in [0.4, 0.5) is 27.8 Å². The summed E-state index contributed by atoms with van der Waals surface area (Å²) in [5, 5.41) is 13.7. The highest BCUT2D eigenvalue weighted by Crippen LogP contribution is 2.44. The van der Waals surface area contributed by atoms with E-state index < -0.39 is 30.4 Å². The number of piperidine rings is 1. The molecule has 0 amide bonds. The standard InChI is InChI=1S/C20H22F5N7OS/c21-14(22)10-32-17-13(7-28-32)26-8-15(29-17)30-3-1-19(2-4-30)5-16(33)31(11-19)9-12-6-27-18(34-12)20(23,24)25/h6-8,14,16,33H,1-5,9-11H2. The van der Waals surface area contributed by atoms with E-state index in [1.807, 2.05) is 4.90 Å². The van der Waals surface area contributed by atoms with E-state index in [-0.39, 0.29) is 12.0 Å². The lowest BCUT2D eigenvalue weighted by molar-refractivity contribution is -0.137. The van der Waals surface area contributed by atoms with E-state index in [4.69, 9.17) is 0 Å². The summed E-state index contributed by atoms with van der Waals surface area (Å²) in [6.45, 7) is 1.53. The molecule has 2 saturated heterocycles. The summed E-state index contributed by atoms with van der Waals surface area (Å²) in [5.41, 5.74) is 0.607. The van der Waals surface area contributed by atoms with Crippen LogP contribution in [0.15, 0.2) is 18.6 Å². The minimum atomic E-state index is -4.47. The van der Waals surface area contributed by atoms with Gasteiger partial charge in [0.1, 0.15) is 24.1 Å².